The normalized spacial score (nSPS) is 19.9. The van der Waals surface area contributed by atoms with E-state index in [0.717, 1.165) is 29.1 Å². The Hall–Kier alpha value is -3.07. The number of hydrogen-bond acceptors (Lipinski definition) is 3. The van der Waals surface area contributed by atoms with Gasteiger partial charge in [0.05, 0.1) is 5.69 Å². The zero-order chi connectivity index (χ0) is 21.0. The quantitative estimate of drug-likeness (QED) is 0.567. The Kier molecular flexibility index (Phi) is 4.25. The van der Waals surface area contributed by atoms with Gasteiger partial charge in [0.1, 0.15) is 0 Å². The molecule has 5 rings (SSSR count). The molecule has 3 heteroatoms. The molecule has 1 N–H and O–H groups in total. The highest BCUT2D eigenvalue weighted by atomic mass is 16.1. The van der Waals surface area contributed by atoms with Crippen LogP contribution in [-0.2, 0) is 4.79 Å². The summed E-state index contributed by atoms with van der Waals surface area (Å²) in [6.45, 7) is 4.38. The van der Waals surface area contributed by atoms with Crippen molar-refractivity contribution in [1.82, 2.24) is 0 Å². The van der Waals surface area contributed by atoms with Crippen molar-refractivity contribution in [1.29, 1.82) is 0 Å². The Morgan fingerprint density at radius 2 is 1.67 bits per heavy atom. The number of fused-ring (bicyclic) bond motifs is 3. The van der Waals surface area contributed by atoms with Gasteiger partial charge in [0.25, 0.3) is 0 Å². The molecule has 1 unspecified atom stereocenters. The molecule has 1 heterocycles. The molecular formula is C27H28N2O. The summed E-state index contributed by atoms with van der Waals surface area (Å²) < 4.78 is 0. The first kappa shape index (κ1) is 18.9. The lowest BCUT2D eigenvalue weighted by Crippen LogP contribution is -2.33. The average Bonchev–Trinajstić information content (AvgIpc) is 2.71. The van der Waals surface area contributed by atoms with Crippen LogP contribution in [-0.4, -0.2) is 19.9 Å². The first-order valence-electron chi connectivity index (χ1n) is 10.7. The molecule has 0 saturated heterocycles. The number of nitrogens with one attached hydrogen (secondary N) is 1. The van der Waals surface area contributed by atoms with Crippen LogP contribution in [0.3, 0.4) is 0 Å². The van der Waals surface area contributed by atoms with Gasteiger partial charge in [-0.25, -0.2) is 0 Å². The third kappa shape index (κ3) is 3.00. The van der Waals surface area contributed by atoms with Crippen molar-refractivity contribution >= 4 is 27.9 Å². The molecule has 1 atom stereocenters. The maximum atomic E-state index is 13.4. The van der Waals surface area contributed by atoms with Crippen LogP contribution < -0.4 is 10.2 Å². The third-order valence-corrected chi connectivity index (χ3v) is 6.50. The Morgan fingerprint density at radius 3 is 2.40 bits per heavy atom. The van der Waals surface area contributed by atoms with E-state index in [-0.39, 0.29) is 17.1 Å². The van der Waals surface area contributed by atoms with E-state index < -0.39 is 0 Å². The molecule has 0 bridgehead atoms. The minimum absolute atomic E-state index is 0.0235. The Morgan fingerprint density at radius 1 is 0.933 bits per heavy atom. The van der Waals surface area contributed by atoms with E-state index in [4.69, 9.17) is 0 Å². The van der Waals surface area contributed by atoms with Gasteiger partial charge in [0, 0.05) is 48.8 Å². The minimum atomic E-state index is -0.0272. The number of rotatable bonds is 2. The number of nitrogens with zero attached hydrogens (tertiary/aromatic N) is 1. The van der Waals surface area contributed by atoms with Crippen molar-refractivity contribution in [2.45, 2.75) is 32.6 Å². The van der Waals surface area contributed by atoms with Crippen LogP contribution in [0.4, 0.5) is 11.4 Å². The topological polar surface area (TPSA) is 32.3 Å². The summed E-state index contributed by atoms with van der Waals surface area (Å²) in [5.41, 5.74) is 6.72. The molecule has 0 aromatic heterocycles. The highest BCUT2D eigenvalue weighted by molar-refractivity contribution is 6.05. The van der Waals surface area contributed by atoms with E-state index in [1.807, 2.05) is 14.1 Å². The SMILES string of the molecule is CN(C)c1ccc(C2C3=C(CC(C)(C)CC3=O)Nc3c2ccc2ccccc32)cc1. The number of hydrogen-bond donors (Lipinski definition) is 1. The maximum absolute atomic E-state index is 13.4. The number of ketones is 1. The fourth-order valence-corrected chi connectivity index (χ4v) is 5.07. The molecule has 152 valence electrons. The number of carbonyl (C=O) groups excluding carboxylic acids is 1. The fourth-order valence-electron chi connectivity index (χ4n) is 5.07. The van der Waals surface area contributed by atoms with Crippen LogP contribution in [0.25, 0.3) is 10.8 Å². The fraction of sp³-hybridized carbons (Fsp3) is 0.296. The smallest absolute Gasteiger partial charge is 0.162 e. The average molecular weight is 397 g/mol. The molecule has 3 nitrogen and oxygen atoms in total. The van der Waals surface area contributed by atoms with Gasteiger partial charge < -0.3 is 10.2 Å². The summed E-state index contributed by atoms with van der Waals surface area (Å²) >= 11 is 0. The van der Waals surface area contributed by atoms with E-state index in [9.17, 15) is 4.79 Å². The van der Waals surface area contributed by atoms with Gasteiger partial charge in [-0.3, -0.25) is 4.79 Å². The lowest BCUT2D eigenvalue weighted by molar-refractivity contribution is -0.118. The maximum Gasteiger partial charge on any atom is 0.162 e. The van der Waals surface area contributed by atoms with E-state index in [2.05, 4.69) is 84.7 Å². The van der Waals surface area contributed by atoms with E-state index >= 15 is 0 Å². The van der Waals surface area contributed by atoms with Gasteiger partial charge in [-0.1, -0.05) is 62.4 Å². The molecule has 0 amide bonds. The first-order chi connectivity index (χ1) is 14.3. The lowest BCUT2D eigenvalue weighted by Gasteiger charge is -2.40. The number of allylic oxidation sites excluding steroid dienone is 2. The van der Waals surface area contributed by atoms with Crippen LogP contribution in [0.2, 0.25) is 0 Å². The molecule has 2 aliphatic rings. The highest BCUT2D eigenvalue weighted by Crippen LogP contribution is 2.50. The molecular weight excluding hydrogens is 368 g/mol. The minimum Gasteiger partial charge on any atom is -0.378 e. The lowest BCUT2D eigenvalue weighted by atomic mass is 9.68. The van der Waals surface area contributed by atoms with E-state index in [1.54, 1.807) is 0 Å². The summed E-state index contributed by atoms with van der Waals surface area (Å²) in [6, 6.07) is 21.5. The molecule has 3 aromatic carbocycles. The van der Waals surface area contributed by atoms with Gasteiger partial charge in [-0.05, 0) is 40.5 Å². The van der Waals surface area contributed by atoms with Crippen LogP contribution in [0, 0.1) is 5.41 Å². The second-order valence-electron chi connectivity index (χ2n) is 9.63. The summed E-state index contributed by atoms with van der Waals surface area (Å²) in [7, 11) is 4.10. The van der Waals surface area contributed by atoms with E-state index in [0.29, 0.717) is 6.42 Å². The van der Waals surface area contributed by atoms with Crippen LogP contribution in [0.15, 0.2) is 71.9 Å². The van der Waals surface area contributed by atoms with Crippen molar-refractivity contribution in [3.05, 3.63) is 83.1 Å². The molecule has 0 fully saturated rings. The number of benzene rings is 3. The zero-order valence-corrected chi connectivity index (χ0v) is 18.1. The molecule has 1 aliphatic carbocycles. The predicted molar refractivity (Wildman–Crippen MR) is 125 cm³/mol. The second-order valence-corrected chi connectivity index (χ2v) is 9.63. The molecule has 0 radical (unpaired) electrons. The molecule has 3 aromatic rings. The van der Waals surface area contributed by atoms with Crippen molar-refractivity contribution in [2.24, 2.45) is 5.41 Å². The van der Waals surface area contributed by atoms with Crippen molar-refractivity contribution in [2.75, 3.05) is 24.3 Å². The molecule has 0 saturated carbocycles. The van der Waals surface area contributed by atoms with Crippen LogP contribution in [0.5, 0.6) is 0 Å². The molecule has 1 aliphatic heterocycles. The van der Waals surface area contributed by atoms with Crippen molar-refractivity contribution in [3.8, 4) is 0 Å². The molecule has 0 spiro atoms. The van der Waals surface area contributed by atoms with Gasteiger partial charge in [-0.15, -0.1) is 0 Å². The standard InChI is InChI=1S/C27H28N2O/c1-27(2)15-22-25(23(30)16-27)24(18-9-12-19(13-10-18)29(3)4)21-14-11-17-7-5-6-8-20(17)26(21)28-22/h5-14,24,28H,15-16H2,1-4H3. The largest absolute Gasteiger partial charge is 0.378 e. The third-order valence-electron chi connectivity index (χ3n) is 6.50. The highest BCUT2D eigenvalue weighted by Gasteiger charge is 2.40. The summed E-state index contributed by atoms with van der Waals surface area (Å²) in [4.78, 5) is 15.5. The van der Waals surface area contributed by atoms with Crippen LogP contribution in [0.1, 0.15) is 43.7 Å². The number of anilines is 2. The Labute approximate surface area is 178 Å². The number of Topliss-reactive ketones (excluding diaryl/α,β-unsaturated/α-hetero) is 1. The van der Waals surface area contributed by atoms with Gasteiger partial charge in [-0.2, -0.15) is 0 Å². The summed E-state index contributed by atoms with van der Waals surface area (Å²) in [6.07, 6.45) is 1.49. The van der Waals surface area contributed by atoms with Gasteiger partial charge in [0.2, 0.25) is 0 Å². The molecule has 30 heavy (non-hydrogen) atoms. The Bertz CT molecular complexity index is 1190. The Balaban J connectivity index is 1.74. The summed E-state index contributed by atoms with van der Waals surface area (Å²) in [5.74, 6) is 0.245. The van der Waals surface area contributed by atoms with E-state index in [1.165, 1.54) is 21.9 Å². The van der Waals surface area contributed by atoms with Crippen molar-refractivity contribution < 1.29 is 4.79 Å². The van der Waals surface area contributed by atoms with Gasteiger partial charge >= 0.3 is 0 Å². The van der Waals surface area contributed by atoms with Gasteiger partial charge in [0.15, 0.2) is 5.78 Å². The predicted octanol–water partition coefficient (Wildman–Crippen LogP) is 6.11. The monoisotopic (exact) mass is 396 g/mol. The second kappa shape index (κ2) is 6.73. The first-order valence-corrected chi connectivity index (χ1v) is 10.7. The number of carbonyl (C=O) groups is 1. The zero-order valence-electron chi connectivity index (χ0n) is 18.1. The van der Waals surface area contributed by atoms with Crippen molar-refractivity contribution in [3.63, 3.8) is 0 Å². The van der Waals surface area contributed by atoms with Crippen LogP contribution >= 0.6 is 0 Å². The summed E-state index contributed by atoms with van der Waals surface area (Å²) in [5, 5.41) is 6.14.